The SMILES string of the molecule is O=c1c2nccnc2nc(SCc2ccccc2Cl)n1Cc1ccc(F)cc1. The molecule has 4 rings (SSSR count). The molecule has 0 unspecified atom stereocenters. The minimum Gasteiger partial charge on any atom is -0.281 e. The van der Waals surface area contributed by atoms with Gasteiger partial charge in [-0.3, -0.25) is 9.36 Å². The minimum atomic E-state index is -0.327. The fourth-order valence-electron chi connectivity index (χ4n) is 2.71. The van der Waals surface area contributed by atoms with E-state index >= 15 is 0 Å². The fraction of sp³-hybridized carbons (Fsp3) is 0.100. The van der Waals surface area contributed by atoms with E-state index in [0.29, 0.717) is 21.6 Å². The fourth-order valence-corrected chi connectivity index (χ4v) is 3.98. The summed E-state index contributed by atoms with van der Waals surface area (Å²) >= 11 is 7.63. The van der Waals surface area contributed by atoms with Crippen LogP contribution in [0.5, 0.6) is 0 Å². The average Bonchev–Trinajstić information content (AvgIpc) is 2.71. The third-order valence-corrected chi connectivity index (χ3v) is 5.52. The van der Waals surface area contributed by atoms with Gasteiger partial charge in [0, 0.05) is 23.2 Å². The second-order valence-electron chi connectivity index (χ2n) is 6.02. The normalized spacial score (nSPS) is 11.1. The summed E-state index contributed by atoms with van der Waals surface area (Å²) in [5, 5.41) is 1.16. The van der Waals surface area contributed by atoms with Crippen LogP contribution in [0.3, 0.4) is 0 Å². The highest BCUT2D eigenvalue weighted by molar-refractivity contribution is 7.98. The smallest absolute Gasteiger partial charge is 0.281 e. The van der Waals surface area contributed by atoms with Crippen molar-refractivity contribution in [2.45, 2.75) is 17.5 Å². The van der Waals surface area contributed by atoms with E-state index in [1.54, 1.807) is 12.1 Å². The highest BCUT2D eigenvalue weighted by Gasteiger charge is 2.14. The molecule has 0 bridgehead atoms. The Labute approximate surface area is 169 Å². The van der Waals surface area contributed by atoms with E-state index in [0.717, 1.165) is 11.1 Å². The molecule has 0 saturated carbocycles. The first-order valence-corrected chi connectivity index (χ1v) is 9.80. The van der Waals surface area contributed by atoms with E-state index in [4.69, 9.17) is 11.6 Å². The number of fused-ring (bicyclic) bond motifs is 1. The molecule has 0 radical (unpaired) electrons. The lowest BCUT2D eigenvalue weighted by molar-refractivity contribution is 0.622. The summed E-state index contributed by atoms with van der Waals surface area (Å²) in [7, 11) is 0. The Kier molecular flexibility index (Phi) is 5.36. The highest BCUT2D eigenvalue weighted by Crippen LogP contribution is 2.26. The Hall–Kier alpha value is -2.77. The molecule has 2 aromatic carbocycles. The molecule has 0 N–H and O–H groups in total. The standard InChI is InChI=1S/C20H14ClFN4OS/c21-16-4-2-1-3-14(16)12-28-20-25-18-17(23-9-10-24-18)19(27)26(20)11-13-5-7-15(22)8-6-13/h1-10H,11-12H2. The van der Waals surface area contributed by atoms with Crippen LogP contribution in [0.4, 0.5) is 4.39 Å². The second-order valence-corrected chi connectivity index (χ2v) is 7.37. The third-order valence-electron chi connectivity index (χ3n) is 4.13. The summed E-state index contributed by atoms with van der Waals surface area (Å²) in [6.07, 6.45) is 2.96. The quantitative estimate of drug-likeness (QED) is 0.361. The Bertz CT molecular complexity index is 1200. The Balaban J connectivity index is 1.75. The van der Waals surface area contributed by atoms with Crippen LogP contribution in [0, 0.1) is 5.82 Å². The van der Waals surface area contributed by atoms with Crippen LogP contribution in [0.25, 0.3) is 11.2 Å². The molecule has 0 aliphatic rings. The van der Waals surface area contributed by atoms with E-state index in [2.05, 4.69) is 15.0 Å². The molecule has 5 nitrogen and oxygen atoms in total. The zero-order valence-corrected chi connectivity index (χ0v) is 16.1. The summed E-state index contributed by atoms with van der Waals surface area (Å²) < 4.78 is 14.8. The van der Waals surface area contributed by atoms with E-state index in [1.807, 2.05) is 24.3 Å². The number of aromatic nitrogens is 4. The molecular formula is C20H14ClFN4OS. The average molecular weight is 413 g/mol. The van der Waals surface area contributed by atoms with Gasteiger partial charge in [-0.2, -0.15) is 0 Å². The van der Waals surface area contributed by atoms with Crippen molar-refractivity contribution in [3.63, 3.8) is 0 Å². The molecule has 0 atom stereocenters. The van der Waals surface area contributed by atoms with Crippen molar-refractivity contribution in [1.82, 2.24) is 19.5 Å². The van der Waals surface area contributed by atoms with Crippen LogP contribution < -0.4 is 5.56 Å². The summed E-state index contributed by atoms with van der Waals surface area (Å²) in [5.74, 6) is 0.216. The minimum absolute atomic E-state index is 0.201. The van der Waals surface area contributed by atoms with Crippen molar-refractivity contribution < 1.29 is 4.39 Å². The lowest BCUT2D eigenvalue weighted by atomic mass is 10.2. The zero-order chi connectivity index (χ0) is 19.5. The zero-order valence-electron chi connectivity index (χ0n) is 14.5. The number of nitrogens with zero attached hydrogens (tertiary/aromatic N) is 4. The predicted molar refractivity (Wildman–Crippen MR) is 108 cm³/mol. The summed E-state index contributed by atoms with van der Waals surface area (Å²) in [6, 6.07) is 13.5. The number of thioether (sulfide) groups is 1. The molecule has 0 aliphatic carbocycles. The van der Waals surface area contributed by atoms with Gasteiger partial charge < -0.3 is 0 Å². The van der Waals surface area contributed by atoms with Crippen molar-refractivity contribution in [3.8, 4) is 0 Å². The molecular weight excluding hydrogens is 399 g/mol. The maximum Gasteiger partial charge on any atom is 0.282 e. The van der Waals surface area contributed by atoms with E-state index in [1.165, 1.54) is 40.9 Å². The maximum absolute atomic E-state index is 13.2. The molecule has 4 aromatic rings. The Morgan fingerprint density at radius 1 is 1.04 bits per heavy atom. The van der Waals surface area contributed by atoms with Gasteiger partial charge in [-0.1, -0.05) is 53.7 Å². The molecule has 8 heteroatoms. The molecule has 0 amide bonds. The lowest BCUT2D eigenvalue weighted by Gasteiger charge is -2.13. The number of hydrogen-bond donors (Lipinski definition) is 0. The maximum atomic E-state index is 13.2. The molecule has 2 aromatic heterocycles. The molecule has 28 heavy (non-hydrogen) atoms. The number of halogens is 2. The topological polar surface area (TPSA) is 60.7 Å². The number of benzene rings is 2. The van der Waals surface area contributed by atoms with Gasteiger partial charge in [-0.25, -0.2) is 19.3 Å². The first kappa shape index (κ1) is 18.6. The van der Waals surface area contributed by atoms with E-state index in [-0.39, 0.29) is 23.4 Å². The van der Waals surface area contributed by atoms with Crippen molar-refractivity contribution in [2.24, 2.45) is 0 Å². The van der Waals surface area contributed by atoms with Crippen molar-refractivity contribution in [2.75, 3.05) is 0 Å². The van der Waals surface area contributed by atoms with Crippen LogP contribution in [0.15, 0.2) is 70.9 Å². The molecule has 0 fully saturated rings. The van der Waals surface area contributed by atoms with Crippen molar-refractivity contribution >= 4 is 34.5 Å². The van der Waals surface area contributed by atoms with Gasteiger partial charge in [-0.15, -0.1) is 0 Å². The molecule has 2 heterocycles. The van der Waals surface area contributed by atoms with Gasteiger partial charge in [0.2, 0.25) is 0 Å². The van der Waals surface area contributed by atoms with Gasteiger partial charge in [0.25, 0.3) is 5.56 Å². The molecule has 0 spiro atoms. The van der Waals surface area contributed by atoms with Gasteiger partial charge in [0.05, 0.1) is 6.54 Å². The van der Waals surface area contributed by atoms with Crippen LogP contribution in [0.1, 0.15) is 11.1 Å². The first-order chi connectivity index (χ1) is 13.6. The van der Waals surface area contributed by atoms with E-state index < -0.39 is 0 Å². The molecule has 0 saturated heterocycles. The first-order valence-electron chi connectivity index (χ1n) is 8.44. The monoisotopic (exact) mass is 412 g/mol. The third kappa shape index (κ3) is 3.90. The van der Waals surface area contributed by atoms with Crippen molar-refractivity contribution in [1.29, 1.82) is 0 Å². The van der Waals surface area contributed by atoms with Gasteiger partial charge in [0.1, 0.15) is 5.82 Å². The Morgan fingerprint density at radius 3 is 2.57 bits per heavy atom. The highest BCUT2D eigenvalue weighted by atomic mass is 35.5. The van der Waals surface area contributed by atoms with Gasteiger partial charge >= 0.3 is 0 Å². The van der Waals surface area contributed by atoms with Crippen LogP contribution >= 0.6 is 23.4 Å². The van der Waals surface area contributed by atoms with Gasteiger partial charge in [-0.05, 0) is 29.3 Å². The summed E-state index contributed by atoms with van der Waals surface area (Å²) in [4.78, 5) is 25.8. The Morgan fingerprint density at radius 2 is 1.79 bits per heavy atom. The van der Waals surface area contributed by atoms with Crippen LogP contribution in [-0.2, 0) is 12.3 Å². The van der Waals surface area contributed by atoms with Crippen molar-refractivity contribution in [3.05, 3.63) is 93.2 Å². The van der Waals surface area contributed by atoms with Crippen LogP contribution in [-0.4, -0.2) is 19.5 Å². The summed E-state index contributed by atoms with van der Waals surface area (Å²) in [5.41, 5.74) is 1.93. The second kappa shape index (κ2) is 8.08. The summed E-state index contributed by atoms with van der Waals surface area (Å²) in [6.45, 7) is 0.253. The molecule has 0 aliphatic heterocycles. The van der Waals surface area contributed by atoms with Crippen LogP contribution in [0.2, 0.25) is 5.02 Å². The predicted octanol–water partition coefficient (Wildman–Crippen LogP) is 4.32. The number of hydrogen-bond acceptors (Lipinski definition) is 5. The molecule has 140 valence electrons. The lowest BCUT2D eigenvalue weighted by Crippen LogP contribution is -2.25. The van der Waals surface area contributed by atoms with Gasteiger partial charge in [0.15, 0.2) is 16.3 Å². The largest absolute Gasteiger partial charge is 0.282 e. The van der Waals surface area contributed by atoms with E-state index in [9.17, 15) is 9.18 Å². The number of rotatable bonds is 5.